The lowest BCUT2D eigenvalue weighted by Crippen LogP contribution is -2.41. The Kier molecular flexibility index (Phi) is 7.76. The first-order chi connectivity index (χ1) is 17.3. The lowest BCUT2D eigenvalue weighted by molar-refractivity contribution is 0.0181. The van der Waals surface area contributed by atoms with Crippen molar-refractivity contribution in [1.29, 1.82) is 5.26 Å². The summed E-state index contributed by atoms with van der Waals surface area (Å²) in [4.78, 5) is 14.1. The van der Waals surface area contributed by atoms with Gasteiger partial charge < -0.3 is 19.3 Å². The first-order valence-corrected chi connectivity index (χ1v) is 12.4. The number of aryl methyl sites for hydroxylation is 1. The molecular weight excluding hydrogens is 454 g/mol. The topological polar surface area (TPSA) is 99.6 Å². The van der Waals surface area contributed by atoms with Gasteiger partial charge in [-0.05, 0) is 81.7 Å². The molecule has 1 saturated heterocycles. The molecule has 36 heavy (non-hydrogen) atoms. The highest BCUT2D eigenvalue weighted by Crippen LogP contribution is 2.30. The van der Waals surface area contributed by atoms with Crippen LogP contribution in [0.4, 0.5) is 4.79 Å². The molecule has 188 valence electrons. The van der Waals surface area contributed by atoms with E-state index in [1.54, 1.807) is 17.0 Å². The van der Waals surface area contributed by atoms with Gasteiger partial charge in [-0.15, -0.1) is 0 Å². The largest absolute Gasteiger partial charge is 0.444 e. The maximum atomic E-state index is 12.3. The number of aromatic nitrogens is 1. The molecule has 7 nitrogen and oxygen atoms in total. The first kappa shape index (κ1) is 25.5. The quantitative estimate of drug-likeness (QED) is 0.432. The lowest BCUT2D eigenvalue weighted by atomic mass is 9.91. The Hall–Kier alpha value is -3.63. The number of carbonyl (C=O) groups is 1. The monoisotopic (exact) mass is 487 g/mol. The summed E-state index contributed by atoms with van der Waals surface area (Å²) in [6.07, 6.45) is 7.30. The third kappa shape index (κ3) is 6.13. The summed E-state index contributed by atoms with van der Waals surface area (Å²) in [5, 5.41) is 24.3. The molecule has 7 heteroatoms. The van der Waals surface area contributed by atoms with E-state index < -0.39 is 5.60 Å². The molecule has 0 aliphatic carbocycles. The van der Waals surface area contributed by atoms with Gasteiger partial charge in [0.25, 0.3) is 0 Å². The summed E-state index contributed by atoms with van der Waals surface area (Å²) in [5.74, 6) is 0.516. The Balaban J connectivity index is 1.39. The molecule has 1 fully saturated rings. The van der Waals surface area contributed by atoms with Gasteiger partial charge in [-0.3, -0.25) is 0 Å². The van der Waals surface area contributed by atoms with Gasteiger partial charge in [0.15, 0.2) is 5.58 Å². The predicted molar refractivity (Wildman–Crippen MR) is 139 cm³/mol. The second-order valence-electron chi connectivity index (χ2n) is 10.3. The summed E-state index contributed by atoms with van der Waals surface area (Å²) >= 11 is 0. The average molecular weight is 488 g/mol. The minimum absolute atomic E-state index is 0.151. The smallest absolute Gasteiger partial charge is 0.410 e. The van der Waals surface area contributed by atoms with E-state index in [1.807, 2.05) is 57.2 Å². The number of aliphatic hydroxyl groups is 1. The number of fused-ring (bicyclic) bond motifs is 1. The van der Waals surface area contributed by atoms with Crippen molar-refractivity contribution in [2.24, 2.45) is 5.92 Å². The summed E-state index contributed by atoms with van der Waals surface area (Å²) in [5.41, 5.74) is 4.20. The summed E-state index contributed by atoms with van der Waals surface area (Å²) in [7, 11) is 0. The molecule has 1 amide bonds. The number of aliphatic hydroxyl groups excluding tert-OH is 1. The van der Waals surface area contributed by atoms with Crippen LogP contribution in [0.15, 0.2) is 40.9 Å². The van der Waals surface area contributed by atoms with Gasteiger partial charge in [0, 0.05) is 24.0 Å². The second-order valence-corrected chi connectivity index (χ2v) is 10.3. The van der Waals surface area contributed by atoms with Crippen molar-refractivity contribution in [3.05, 3.63) is 64.3 Å². The van der Waals surface area contributed by atoms with Crippen LogP contribution in [0, 0.1) is 17.2 Å². The fraction of sp³-hybridized carbons (Fsp3) is 0.414. The third-order valence-corrected chi connectivity index (χ3v) is 6.56. The zero-order chi connectivity index (χ0) is 25.7. The lowest BCUT2D eigenvalue weighted by Gasteiger charge is -2.33. The summed E-state index contributed by atoms with van der Waals surface area (Å²) < 4.78 is 11.2. The maximum absolute atomic E-state index is 12.3. The molecule has 1 N–H and O–H groups in total. The number of hydrogen-bond acceptors (Lipinski definition) is 6. The van der Waals surface area contributed by atoms with Gasteiger partial charge in [-0.25, -0.2) is 4.79 Å². The van der Waals surface area contributed by atoms with Crippen molar-refractivity contribution in [1.82, 2.24) is 10.1 Å². The van der Waals surface area contributed by atoms with Crippen molar-refractivity contribution < 1.29 is 19.2 Å². The fourth-order valence-corrected chi connectivity index (χ4v) is 4.55. The molecule has 0 saturated carbocycles. The molecule has 0 spiro atoms. The highest BCUT2D eigenvalue weighted by molar-refractivity contribution is 5.87. The molecule has 0 atom stereocenters. The average Bonchev–Trinajstić information content (AvgIpc) is 3.28. The van der Waals surface area contributed by atoms with Crippen molar-refractivity contribution in [2.45, 2.75) is 58.7 Å². The van der Waals surface area contributed by atoms with Crippen molar-refractivity contribution >= 4 is 29.2 Å². The molecule has 2 heterocycles. The number of piperidine rings is 1. The molecule has 1 aromatic heterocycles. The number of nitrogens with zero attached hydrogens (tertiary/aromatic N) is 3. The summed E-state index contributed by atoms with van der Waals surface area (Å²) in [6, 6.07) is 13.4. The highest BCUT2D eigenvalue weighted by atomic mass is 16.6. The van der Waals surface area contributed by atoms with Gasteiger partial charge in [0.2, 0.25) is 0 Å². The van der Waals surface area contributed by atoms with Gasteiger partial charge >= 0.3 is 6.09 Å². The predicted octanol–water partition coefficient (Wildman–Crippen LogP) is 5.94. The number of hydrogen-bond donors (Lipinski definition) is 1. The van der Waals surface area contributed by atoms with Crippen LogP contribution in [0.2, 0.25) is 0 Å². The maximum Gasteiger partial charge on any atom is 0.410 e. The van der Waals surface area contributed by atoms with E-state index in [0.29, 0.717) is 35.7 Å². The molecule has 1 aliphatic heterocycles. The van der Waals surface area contributed by atoms with Crippen LogP contribution in [-0.2, 0) is 17.8 Å². The number of rotatable bonds is 6. The van der Waals surface area contributed by atoms with E-state index in [0.717, 1.165) is 47.9 Å². The van der Waals surface area contributed by atoms with Crippen LogP contribution in [0.1, 0.15) is 68.0 Å². The van der Waals surface area contributed by atoms with Crippen molar-refractivity contribution in [3.8, 4) is 6.07 Å². The van der Waals surface area contributed by atoms with E-state index in [-0.39, 0.29) is 12.7 Å². The minimum atomic E-state index is -0.478. The Morgan fingerprint density at radius 1 is 1.19 bits per heavy atom. The van der Waals surface area contributed by atoms with E-state index in [4.69, 9.17) is 14.5 Å². The van der Waals surface area contributed by atoms with Crippen LogP contribution >= 0.6 is 0 Å². The van der Waals surface area contributed by atoms with Gasteiger partial charge in [-0.1, -0.05) is 35.5 Å². The van der Waals surface area contributed by atoms with Gasteiger partial charge in [0.05, 0.1) is 23.9 Å². The number of amides is 1. The Labute approximate surface area is 212 Å². The molecule has 1 aliphatic rings. The van der Waals surface area contributed by atoms with E-state index in [9.17, 15) is 9.90 Å². The van der Waals surface area contributed by atoms with Crippen LogP contribution < -0.4 is 0 Å². The Bertz CT molecular complexity index is 1270. The van der Waals surface area contributed by atoms with Gasteiger partial charge in [-0.2, -0.15) is 5.26 Å². The molecule has 0 radical (unpaired) electrons. The first-order valence-electron chi connectivity index (χ1n) is 12.4. The number of carbonyl (C=O) groups excluding carboxylic acids is 1. The number of likely N-dealkylation sites (tertiary alicyclic amines) is 1. The van der Waals surface area contributed by atoms with Crippen LogP contribution in [-0.4, -0.2) is 39.9 Å². The molecule has 2 aromatic carbocycles. The molecule has 4 rings (SSSR count). The van der Waals surface area contributed by atoms with E-state index in [1.165, 1.54) is 0 Å². The highest BCUT2D eigenvalue weighted by Gasteiger charge is 2.27. The number of benzene rings is 2. The van der Waals surface area contributed by atoms with Crippen LogP contribution in [0.5, 0.6) is 0 Å². The zero-order valence-electron chi connectivity index (χ0n) is 21.2. The molecular formula is C29H33N3O4. The minimum Gasteiger partial charge on any atom is -0.444 e. The fourth-order valence-electron chi connectivity index (χ4n) is 4.55. The number of ether oxygens (including phenoxy) is 1. The standard InChI is InChI=1S/C29H33N3O4/c1-29(2,3)35-28(34)32-16-14-21(15-17-32)9-13-26-24-12-11-23(25(19-33)27(24)36-31-26)10-8-20-4-6-22(18-30)7-5-20/h4-8,10-12,21,33H,9,13-17,19H2,1-3H3. The SMILES string of the molecule is CC(C)(C)OC(=O)N1CCC(CCc2noc3c(CO)c(C=Cc4ccc(C#N)cc4)ccc23)CC1. The third-order valence-electron chi connectivity index (χ3n) is 6.56. The van der Waals surface area contributed by atoms with Crippen molar-refractivity contribution in [2.75, 3.05) is 13.1 Å². The Morgan fingerprint density at radius 3 is 2.56 bits per heavy atom. The Morgan fingerprint density at radius 2 is 1.92 bits per heavy atom. The van der Waals surface area contributed by atoms with E-state index >= 15 is 0 Å². The second kappa shape index (κ2) is 11.0. The molecule has 0 bridgehead atoms. The van der Waals surface area contributed by atoms with E-state index in [2.05, 4.69) is 11.2 Å². The zero-order valence-corrected chi connectivity index (χ0v) is 21.2. The van der Waals surface area contributed by atoms with Gasteiger partial charge in [0.1, 0.15) is 5.60 Å². The van der Waals surface area contributed by atoms with Crippen molar-refractivity contribution in [3.63, 3.8) is 0 Å². The normalized spacial score (nSPS) is 14.9. The van der Waals surface area contributed by atoms with Crippen LogP contribution in [0.3, 0.4) is 0 Å². The number of nitriles is 1. The summed E-state index contributed by atoms with van der Waals surface area (Å²) in [6.45, 7) is 6.93. The van der Waals surface area contributed by atoms with Crippen LogP contribution in [0.25, 0.3) is 23.1 Å². The molecule has 3 aromatic rings. The molecule has 0 unspecified atom stereocenters.